The Morgan fingerprint density at radius 2 is 2.06 bits per heavy atom. The number of hydrogen-bond donors (Lipinski definition) is 0. The average Bonchev–Trinajstić information content (AvgIpc) is 2.74. The van der Waals surface area contributed by atoms with Gasteiger partial charge in [-0.2, -0.15) is 0 Å². The van der Waals surface area contributed by atoms with Crippen molar-refractivity contribution in [2.24, 2.45) is 0 Å². The lowest BCUT2D eigenvalue weighted by atomic mass is 10.1. The highest BCUT2D eigenvalue weighted by molar-refractivity contribution is 9.10. The van der Waals surface area contributed by atoms with E-state index in [2.05, 4.69) is 80.4 Å². The van der Waals surface area contributed by atoms with Gasteiger partial charge in [0.05, 0.1) is 6.54 Å². The van der Waals surface area contributed by atoms with Crippen LogP contribution in [-0.4, -0.2) is 7.05 Å². The fourth-order valence-electron chi connectivity index (χ4n) is 1.98. The zero-order valence-corrected chi connectivity index (χ0v) is 14.4. The highest BCUT2D eigenvalue weighted by atomic mass is 79.9. The van der Waals surface area contributed by atoms with Crippen LogP contribution in [0.4, 0.5) is 5.69 Å². The van der Waals surface area contributed by atoms with Crippen molar-refractivity contribution in [1.29, 1.82) is 0 Å². The van der Waals surface area contributed by atoms with E-state index in [1.54, 1.807) is 11.3 Å². The third-order valence-electron chi connectivity index (χ3n) is 2.84. The van der Waals surface area contributed by atoms with Crippen molar-refractivity contribution in [1.82, 2.24) is 0 Å². The van der Waals surface area contributed by atoms with Crippen LogP contribution >= 0.6 is 43.2 Å². The zero-order valence-electron chi connectivity index (χ0n) is 10.4. The minimum atomic E-state index is 0.912. The molecule has 0 unspecified atom stereocenters. The van der Waals surface area contributed by atoms with Gasteiger partial charge in [-0.25, -0.2) is 0 Å². The number of rotatable bonds is 4. The number of anilines is 1. The molecular formula is C14H15Br2NS. The van der Waals surface area contributed by atoms with Crippen molar-refractivity contribution in [3.63, 3.8) is 0 Å². The Hall–Kier alpha value is -0.320. The molecule has 0 radical (unpaired) electrons. The Morgan fingerprint density at radius 1 is 1.28 bits per heavy atom. The van der Waals surface area contributed by atoms with Gasteiger partial charge in [0, 0.05) is 32.8 Å². The summed E-state index contributed by atoms with van der Waals surface area (Å²) in [4.78, 5) is 3.67. The highest BCUT2D eigenvalue weighted by Crippen LogP contribution is 2.26. The van der Waals surface area contributed by atoms with Gasteiger partial charge in [-0.05, 0) is 46.1 Å². The van der Waals surface area contributed by atoms with Crippen LogP contribution in [0.15, 0.2) is 34.1 Å². The van der Waals surface area contributed by atoms with E-state index in [9.17, 15) is 0 Å². The third kappa shape index (κ3) is 3.37. The lowest BCUT2D eigenvalue weighted by Crippen LogP contribution is -2.16. The fourth-order valence-corrected chi connectivity index (χ4v) is 3.84. The summed E-state index contributed by atoms with van der Waals surface area (Å²) in [6.45, 7) is 3.12. The van der Waals surface area contributed by atoms with Crippen molar-refractivity contribution in [2.45, 2.75) is 18.8 Å². The molecule has 0 amide bonds. The van der Waals surface area contributed by atoms with Gasteiger partial charge in [0.2, 0.25) is 0 Å². The minimum Gasteiger partial charge on any atom is -0.369 e. The predicted octanol–water partition coefficient (Wildman–Crippen LogP) is 5.35. The summed E-state index contributed by atoms with van der Waals surface area (Å²) in [5.74, 6) is 0. The first-order valence-corrected chi connectivity index (χ1v) is 8.49. The summed E-state index contributed by atoms with van der Waals surface area (Å²) in [5.41, 5.74) is 3.94. The SMILES string of the molecule is Cc1cc(CBr)ccc1N(C)Cc1cc(Br)cs1. The molecule has 0 N–H and O–H groups in total. The predicted molar refractivity (Wildman–Crippen MR) is 87.9 cm³/mol. The van der Waals surface area contributed by atoms with Crippen molar-refractivity contribution >= 4 is 48.9 Å². The molecule has 0 saturated heterocycles. The second kappa shape index (κ2) is 6.22. The van der Waals surface area contributed by atoms with Crippen LogP contribution < -0.4 is 4.90 Å². The first kappa shape index (κ1) is 14.1. The van der Waals surface area contributed by atoms with E-state index >= 15 is 0 Å². The number of hydrogen-bond acceptors (Lipinski definition) is 2. The zero-order chi connectivity index (χ0) is 13.1. The molecule has 0 atom stereocenters. The topological polar surface area (TPSA) is 3.24 Å². The van der Waals surface area contributed by atoms with Gasteiger partial charge >= 0.3 is 0 Å². The van der Waals surface area contributed by atoms with E-state index in [0.717, 1.165) is 11.9 Å². The van der Waals surface area contributed by atoms with Gasteiger partial charge < -0.3 is 4.90 Å². The molecule has 18 heavy (non-hydrogen) atoms. The fraction of sp³-hybridized carbons (Fsp3) is 0.286. The lowest BCUT2D eigenvalue weighted by Gasteiger charge is -2.21. The maximum absolute atomic E-state index is 3.50. The summed E-state index contributed by atoms with van der Waals surface area (Å²) in [7, 11) is 2.14. The molecule has 2 rings (SSSR count). The van der Waals surface area contributed by atoms with E-state index in [-0.39, 0.29) is 0 Å². The minimum absolute atomic E-state index is 0.912. The van der Waals surface area contributed by atoms with Crippen molar-refractivity contribution in [3.05, 3.63) is 50.1 Å². The van der Waals surface area contributed by atoms with Crippen LogP contribution in [-0.2, 0) is 11.9 Å². The van der Waals surface area contributed by atoms with Crippen molar-refractivity contribution in [3.8, 4) is 0 Å². The van der Waals surface area contributed by atoms with Crippen LogP contribution in [0, 0.1) is 6.92 Å². The average molecular weight is 389 g/mol. The molecule has 1 nitrogen and oxygen atoms in total. The molecule has 2 aromatic rings. The van der Waals surface area contributed by atoms with Gasteiger partial charge in [0.1, 0.15) is 0 Å². The molecule has 0 fully saturated rings. The number of halogens is 2. The van der Waals surface area contributed by atoms with Crippen LogP contribution in [0.1, 0.15) is 16.0 Å². The summed E-state index contributed by atoms with van der Waals surface area (Å²) in [6.07, 6.45) is 0. The molecule has 0 aliphatic rings. The van der Waals surface area contributed by atoms with Gasteiger partial charge in [-0.3, -0.25) is 0 Å². The smallest absolute Gasteiger partial charge is 0.0520 e. The number of thiophene rings is 1. The molecule has 0 saturated carbocycles. The van der Waals surface area contributed by atoms with E-state index in [0.29, 0.717) is 0 Å². The second-order valence-corrected chi connectivity index (χ2v) is 6.81. The Bertz CT molecular complexity index is 536. The van der Waals surface area contributed by atoms with Crippen LogP contribution in [0.25, 0.3) is 0 Å². The molecule has 0 spiro atoms. The van der Waals surface area contributed by atoms with Crippen molar-refractivity contribution < 1.29 is 0 Å². The molecule has 1 heterocycles. The maximum atomic E-state index is 3.50. The van der Waals surface area contributed by atoms with E-state index < -0.39 is 0 Å². The van der Waals surface area contributed by atoms with E-state index in [1.807, 2.05) is 0 Å². The van der Waals surface area contributed by atoms with Crippen LogP contribution in [0.2, 0.25) is 0 Å². The number of alkyl halides is 1. The second-order valence-electron chi connectivity index (χ2n) is 4.34. The number of aryl methyl sites for hydroxylation is 1. The maximum Gasteiger partial charge on any atom is 0.0520 e. The van der Waals surface area contributed by atoms with Gasteiger partial charge in [-0.15, -0.1) is 11.3 Å². The number of benzene rings is 1. The van der Waals surface area contributed by atoms with E-state index in [4.69, 9.17) is 0 Å². The van der Waals surface area contributed by atoms with Crippen LogP contribution in [0.5, 0.6) is 0 Å². The molecular weight excluding hydrogens is 374 g/mol. The number of nitrogens with zero attached hydrogens (tertiary/aromatic N) is 1. The van der Waals surface area contributed by atoms with E-state index in [1.165, 1.54) is 26.2 Å². The molecule has 0 bridgehead atoms. The molecule has 0 aliphatic heterocycles. The Morgan fingerprint density at radius 3 is 2.61 bits per heavy atom. The molecule has 96 valence electrons. The monoisotopic (exact) mass is 387 g/mol. The highest BCUT2D eigenvalue weighted by Gasteiger charge is 2.07. The third-order valence-corrected chi connectivity index (χ3v) is 5.17. The molecule has 1 aromatic carbocycles. The summed E-state index contributed by atoms with van der Waals surface area (Å²) < 4.78 is 1.17. The van der Waals surface area contributed by atoms with Crippen LogP contribution in [0.3, 0.4) is 0 Å². The largest absolute Gasteiger partial charge is 0.369 e. The Kier molecular flexibility index (Phi) is 4.87. The molecule has 1 aromatic heterocycles. The first-order valence-electron chi connectivity index (χ1n) is 5.69. The Balaban J connectivity index is 2.15. The lowest BCUT2D eigenvalue weighted by molar-refractivity contribution is 0.933. The Labute approximate surface area is 129 Å². The quantitative estimate of drug-likeness (QED) is 0.638. The summed E-state index contributed by atoms with van der Waals surface area (Å²) >= 11 is 8.78. The van der Waals surface area contributed by atoms with Crippen molar-refractivity contribution in [2.75, 3.05) is 11.9 Å². The van der Waals surface area contributed by atoms with Gasteiger partial charge in [0.25, 0.3) is 0 Å². The molecule has 4 heteroatoms. The summed E-state index contributed by atoms with van der Waals surface area (Å²) in [5, 5.41) is 3.04. The standard InChI is InChI=1S/C14H15Br2NS/c1-10-5-11(7-15)3-4-14(10)17(2)8-13-6-12(16)9-18-13/h3-6,9H,7-8H2,1-2H3. The van der Waals surface area contributed by atoms with Gasteiger partial charge in [0.15, 0.2) is 0 Å². The summed E-state index contributed by atoms with van der Waals surface area (Å²) in [6, 6.07) is 8.81. The van der Waals surface area contributed by atoms with Gasteiger partial charge in [-0.1, -0.05) is 28.1 Å². The normalized spacial score (nSPS) is 10.7. The first-order chi connectivity index (χ1) is 8.60. The molecule has 0 aliphatic carbocycles.